The maximum absolute atomic E-state index is 14.2. The van der Waals surface area contributed by atoms with Gasteiger partial charge in [-0.3, -0.25) is 9.59 Å². The van der Waals surface area contributed by atoms with E-state index in [2.05, 4.69) is 18.7 Å². The monoisotopic (exact) mass is 483 g/mol. The summed E-state index contributed by atoms with van der Waals surface area (Å²) in [7, 11) is 0. The van der Waals surface area contributed by atoms with Crippen LogP contribution in [0.15, 0.2) is 18.2 Å². The average molecular weight is 484 g/mol. The number of benzene rings is 1. The number of piperidine rings is 2. The van der Waals surface area contributed by atoms with Crippen molar-refractivity contribution in [3.05, 3.63) is 35.1 Å². The van der Waals surface area contributed by atoms with E-state index in [1.165, 1.54) is 31.7 Å². The van der Waals surface area contributed by atoms with Crippen LogP contribution in [0, 0.1) is 17.7 Å². The van der Waals surface area contributed by atoms with Gasteiger partial charge in [0, 0.05) is 38.6 Å². The van der Waals surface area contributed by atoms with Gasteiger partial charge in [0.05, 0.1) is 5.41 Å². The molecule has 1 aromatic rings. The van der Waals surface area contributed by atoms with Gasteiger partial charge < -0.3 is 14.7 Å². The van der Waals surface area contributed by atoms with Gasteiger partial charge in [0.2, 0.25) is 11.8 Å². The summed E-state index contributed by atoms with van der Waals surface area (Å²) in [4.78, 5) is 32.8. The highest BCUT2D eigenvalue weighted by Gasteiger charge is 2.49. The third-order valence-electron chi connectivity index (χ3n) is 9.55. The molecule has 5 nitrogen and oxygen atoms in total. The molecule has 0 radical (unpaired) electrons. The Morgan fingerprint density at radius 3 is 2.37 bits per heavy atom. The van der Waals surface area contributed by atoms with Crippen LogP contribution < -0.4 is 0 Å². The van der Waals surface area contributed by atoms with Crippen LogP contribution in [0.1, 0.15) is 82.8 Å². The Morgan fingerprint density at radius 2 is 1.69 bits per heavy atom. The van der Waals surface area contributed by atoms with E-state index in [4.69, 9.17) is 0 Å². The van der Waals surface area contributed by atoms with Crippen LogP contribution in [-0.2, 0) is 21.5 Å². The Balaban J connectivity index is 1.30. The van der Waals surface area contributed by atoms with Gasteiger partial charge in [-0.05, 0) is 99.6 Å². The fourth-order valence-corrected chi connectivity index (χ4v) is 7.26. The molecule has 1 saturated carbocycles. The van der Waals surface area contributed by atoms with Crippen molar-refractivity contribution in [2.45, 2.75) is 89.6 Å². The second kappa shape index (κ2) is 10.2. The predicted molar refractivity (Wildman–Crippen MR) is 135 cm³/mol. The number of hydrogen-bond donors (Lipinski definition) is 0. The number of rotatable bonds is 5. The lowest BCUT2D eigenvalue weighted by molar-refractivity contribution is -0.144. The summed E-state index contributed by atoms with van der Waals surface area (Å²) < 4.78 is 14.2. The molecule has 0 bridgehead atoms. The number of amides is 2. The fourth-order valence-electron chi connectivity index (χ4n) is 7.26. The zero-order valence-corrected chi connectivity index (χ0v) is 21.6. The second-order valence-corrected chi connectivity index (χ2v) is 11.8. The van der Waals surface area contributed by atoms with E-state index in [0.29, 0.717) is 32.1 Å². The predicted octanol–water partition coefficient (Wildman–Crippen LogP) is 4.73. The molecule has 0 aromatic heterocycles. The van der Waals surface area contributed by atoms with Crippen molar-refractivity contribution in [3.63, 3.8) is 0 Å². The van der Waals surface area contributed by atoms with E-state index in [9.17, 15) is 14.0 Å². The van der Waals surface area contributed by atoms with Gasteiger partial charge in [0.25, 0.3) is 0 Å². The highest BCUT2D eigenvalue weighted by Crippen LogP contribution is 2.44. The summed E-state index contributed by atoms with van der Waals surface area (Å²) in [5, 5.41) is 0. The highest BCUT2D eigenvalue weighted by molar-refractivity contribution is 5.90. The van der Waals surface area contributed by atoms with Gasteiger partial charge in [-0.1, -0.05) is 19.9 Å². The van der Waals surface area contributed by atoms with Crippen LogP contribution in [0.25, 0.3) is 0 Å². The second-order valence-electron chi connectivity index (χ2n) is 11.8. The van der Waals surface area contributed by atoms with Crippen molar-refractivity contribution in [3.8, 4) is 0 Å². The van der Waals surface area contributed by atoms with Crippen LogP contribution in [0.5, 0.6) is 0 Å². The Bertz CT molecular complexity index is 932. The van der Waals surface area contributed by atoms with E-state index >= 15 is 0 Å². The van der Waals surface area contributed by atoms with Crippen LogP contribution in [0.2, 0.25) is 0 Å². The highest BCUT2D eigenvalue weighted by atomic mass is 19.1. The first-order valence-corrected chi connectivity index (χ1v) is 14.0. The van der Waals surface area contributed by atoms with Crippen LogP contribution in [0.3, 0.4) is 0 Å². The molecule has 2 saturated heterocycles. The van der Waals surface area contributed by atoms with Gasteiger partial charge in [-0.2, -0.15) is 0 Å². The first-order valence-electron chi connectivity index (χ1n) is 14.0. The largest absolute Gasteiger partial charge is 0.341 e. The van der Waals surface area contributed by atoms with Gasteiger partial charge in [-0.25, -0.2) is 4.39 Å². The van der Waals surface area contributed by atoms with E-state index in [-0.39, 0.29) is 17.6 Å². The molecule has 3 fully saturated rings. The van der Waals surface area contributed by atoms with Gasteiger partial charge in [-0.15, -0.1) is 0 Å². The smallest absolute Gasteiger partial charge is 0.233 e. The third-order valence-corrected chi connectivity index (χ3v) is 9.55. The third kappa shape index (κ3) is 4.87. The Kier molecular flexibility index (Phi) is 7.20. The topological polar surface area (TPSA) is 43.9 Å². The Labute approximate surface area is 210 Å². The number of carbonyl (C=O) groups excluding carboxylic acids is 2. The van der Waals surface area contributed by atoms with Gasteiger partial charge >= 0.3 is 0 Å². The van der Waals surface area contributed by atoms with Crippen molar-refractivity contribution < 1.29 is 14.0 Å². The molecular weight excluding hydrogens is 441 g/mol. The van der Waals surface area contributed by atoms with E-state index in [0.717, 1.165) is 68.3 Å². The SMILES string of the molecule is CC(C)[C@H]1CC[C@@H](N2CCC3(CC2)C(=O)N(CCN2CCCCC2=O)Cc2cc(F)ccc23)CC1. The van der Waals surface area contributed by atoms with Crippen LogP contribution >= 0.6 is 0 Å². The maximum atomic E-state index is 14.2. The molecule has 0 unspecified atom stereocenters. The molecule has 0 N–H and O–H groups in total. The quantitative estimate of drug-likeness (QED) is 0.608. The van der Waals surface area contributed by atoms with E-state index < -0.39 is 5.41 Å². The van der Waals surface area contributed by atoms with Crippen molar-refractivity contribution in [2.24, 2.45) is 11.8 Å². The molecule has 0 atom stereocenters. The Morgan fingerprint density at radius 1 is 0.971 bits per heavy atom. The molecule has 2 amide bonds. The molecule has 1 spiro atoms. The molecule has 6 heteroatoms. The summed E-state index contributed by atoms with van der Waals surface area (Å²) in [6, 6.07) is 5.66. The number of likely N-dealkylation sites (tertiary alicyclic amines) is 2. The number of halogens is 1. The van der Waals surface area contributed by atoms with Crippen molar-refractivity contribution in [2.75, 3.05) is 32.7 Å². The molecule has 1 aromatic carbocycles. The minimum Gasteiger partial charge on any atom is -0.341 e. The molecule has 4 aliphatic rings. The lowest BCUT2D eigenvalue weighted by atomic mass is 9.67. The Hall–Kier alpha value is -1.95. The normalized spacial score (nSPS) is 27.5. The first-order chi connectivity index (χ1) is 16.9. The summed E-state index contributed by atoms with van der Waals surface area (Å²) in [5.41, 5.74) is 1.43. The van der Waals surface area contributed by atoms with Crippen molar-refractivity contribution in [1.82, 2.24) is 14.7 Å². The van der Waals surface area contributed by atoms with E-state index in [1.54, 1.807) is 6.07 Å². The van der Waals surface area contributed by atoms with E-state index in [1.807, 2.05) is 15.9 Å². The molecule has 3 heterocycles. The lowest BCUT2D eigenvalue weighted by Crippen LogP contribution is -2.58. The van der Waals surface area contributed by atoms with Crippen LogP contribution in [-0.4, -0.2) is 65.3 Å². The van der Waals surface area contributed by atoms with Crippen molar-refractivity contribution in [1.29, 1.82) is 0 Å². The summed E-state index contributed by atoms with van der Waals surface area (Å²) in [6.45, 7) is 8.89. The number of nitrogens with zero attached hydrogens (tertiary/aromatic N) is 3. The first kappa shape index (κ1) is 24.7. The fraction of sp³-hybridized carbons (Fsp3) is 0.724. The molecular formula is C29H42FN3O2. The average Bonchev–Trinajstić information content (AvgIpc) is 2.86. The molecule has 35 heavy (non-hydrogen) atoms. The number of fused-ring (bicyclic) bond motifs is 2. The summed E-state index contributed by atoms with van der Waals surface area (Å²) in [5.74, 6) is 1.76. The summed E-state index contributed by atoms with van der Waals surface area (Å²) in [6.07, 6.45) is 9.36. The molecule has 192 valence electrons. The molecule has 5 rings (SSSR count). The lowest BCUT2D eigenvalue weighted by Gasteiger charge is -2.49. The van der Waals surface area contributed by atoms with Crippen LogP contribution in [0.4, 0.5) is 4.39 Å². The van der Waals surface area contributed by atoms with Crippen molar-refractivity contribution >= 4 is 11.8 Å². The number of carbonyl (C=O) groups is 2. The zero-order valence-electron chi connectivity index (χ0n) is 21.6. The molecule has 1 aliphatic carbocycles. The summed E-state index contributed by atoms with van der Waals surface area (Å²) >= 11 is 0. The van der Waals surface area contributed by atoms with Gasteiger partial charge in [0.15, 0.2) is 0 Å². The maximum Gasteiger partial charge on any atom is 0.233 e. The molecule has 3 aliphatic heterocycles. The standard InChI is InChI=1S/C29H42FN3O2/c1-21(2)22-6-9-25(10-7-22)31-15-12-29(13-16-31)26-11-8-24(30)19-23(26)20-33(28(29)35)18-17-32-14-4-3-5-27(32)34/h8,11,19,21-22,25H,3-7,9-10,12-18,20H2,1-2H3/t22-,25+. The minimum absolute atomic E-state index is 0.184. The van der Waals surface area contributed by atoms with Gasteiger partial charge in [0.1, 0.15) is 5.82 Å². The zero-order chi connectivity index (χ0) is 24.6. The minimum atomic E-state index is -0.557. The number of hydrogen-bond acceptors (Lipinski definition) is 3.